The number of sulfonamides is 1. The number of carbonyl (C=O) groups is 2. The zero-order valence-electron chi connectivity index (χ0n) is 20.3. The van der Waals surface area contributed by atoms with E-state index in [1.807, 2.05) is 10.8 Å². The normalized spacial score (nSPS) is 12.2. The first-order valence-electron chi connectivity index (χ1n) is 11.5. The number of nitrogens with zero attached hydrogens (tertiary/aromatic N) is 2. The molecule has 37 heavy (non-hydrogen) atoms. The van der Waals surface area contributed by atoms with Crippen molar-refractivity contribution in [3.8, 4) is 6.07 Å². The van der Waals surface area contributed by atoms with Crippen LogP contribution in [0.1, 0.15) is 30.5 Å². The number of anilines is 1. The quantitative estimate of drug-likeness (QED) is 0.421. The zero-order valence-corrected chi connectivity index (χ0v) is 21.2. The van der Waals surface area contributed by atoms with Crippen LogP contribution in [0.25, 0.3) is 6.08 Å². The van der Waals surface area contributed by atoms with Crippen LogP contribution in [0.15, 0.2) is 84.3 Å². The molecule has 3 aromatic rings. The molecule has 0 fully saturated rings. The van der Waals surface area contributed by atoms with Crippen LogP contribution in [0.3, 0.4) is 0 Å². The van der Waals surface area contributed by atoms with Gasteiger partial charge in [-0.05, 0) is 73.9 Å². The summed E-state index contributed by atoms with van der Waals surface area (Å²) in [5.74, 6) is -3.55. The van der Waals surface area contributed by atoms with E-state index in [-0.39, 0.29) is 6.42 Å². The summed E-state index contributed by atoms with van der Waals surface area (Å²) in [7, 11) is -4.22. The Hall–Kier alpha value is -4.29. The second-order valence-corrected chi connectivity index (χ2v) is 10.1. The Balaban J connectivity index is 1.93. The highest BCUT2D eigenvalue weighted by atomic mass is 32.2. The summed E-state index contributed by atoms with van der Waals surface area (Å²) in [6.07, 6.45) is 1.23. The lowest BCUT2D eigenvalue weighted by Gasteiger charge is -2.30. The van der Waals surface area contributed by atoms with Gasteiger partial charge in [-0.2, -0.15) is 5.26 Å². The number of carbonyl (C=O) groups excluding carboxylic acids is 2. The molecule has 3 rings (SSSR count). The van der Waals surface area contributed by atoms with Gasteiger partial charge in [-0.3, -0.25) is 9.59 Å². The second kappa shape index (κ2) is 12.1. The summed E-state index contributed by atoms with van der Waals surface area (Å²) in [5.41, 5.74) is 1.95. The van der Waals surface area contributed by atoms with E-state index in [2.05, 4.69) is 0 Å². The zero-order chi connectivity index (χ0) is 27.0. The van der Waals surface area contributed by atoms with Gasteiger partial charge < -0.3 is 4.90 Å². The van der Waals surface area contributed by atoms with Crippen molar-refractivity contribution >= 4 is 33.6 Å². The number of amides is 2. The van der Waals surface area contributed by atoms with Crippen LogP contribution in [-0.4, -0.2) is 26.3 Å². The van der Waals surface area contributed by atoms with Crippen molar-refractivity contribution in [2.45, 2.75) is 26.3 Å². The van der Waals surface area contributed by atoms with E-state index in [4.69, 9.17) is 5.26 Å². The van der Waals surface area contributed by atoms with Crippen LogP contribution in [-0.2, 0) is 26.0 Å². The monoisotopic (exact) mass is 519 g/mol. The maximum atomic E-state index is 13.7. The van der Waals surface area contributed by atoms with Crippen molar-refractivity contribution in [2.24, 2.45) is 5.92 Å². The van der Waals surface area contributed by atoms with E-state index < -0.39 is 39.6 Å². The van der Waals surface area contributed by atoms with E-state index in [1.54, 1.807) is 68.4 Å². The Bertz CT molecular complexity index is 1410. The molecule has 2 amide bonds. The van der Waals surface area contributed by atoms with Crippen molar-refractivity contribution in [3.63, 3.8) is 0 Å². The maximum absolute atomic E-state index is 13.7. The molecule has 0 spiro atoms. The lowest BCUT2D eigenvalue weighted by atomic mass is 9.95. The van der Waals surface area contributed by atoms with Gasteiger partial charge in [-0.15, -0.1) is 0 Å². The number of benzene rings is 3. The molecule has 1 atom stereocenters. The number of rotatable bonds is 9. The summed E-state index contributed by atoms with van der Waals surface area (Å²) in [5, 5.41) is 9.92. The highest BCUT2D eigenvalue weighted by molar-refractivity contribution is 7.93. The summed E-state index contributed by atoms with van der Waals surface area (Å²) < 4.78 is 40.8. The van der Waals surface area contributed by atoms with E-state index in [0.717, 1.165) is 5.41 Å². The largest absolute Gasteiger partial charge is 0.309 e. The molecule has 7 nitrogen and oxygen atoms in total. The van der Waals surface area contributed by atoms with Crippen LogP contribution >= 0.6 is 0 Å². The lowest BCUT2D eigenvalue weighted by Crippen LogP contribution is -2.48. The minimum absolute atomic E-state index is 0.112. The topological polar surface area (TPSA) is 107 Å². The van der Waals surface area contributed by atoms with E-state index in [9.17, 15) is 22.4 Å². The Labute approximate surface area is 215 Å². The number of hydrogen-bond donors (Lipinski definition) is 1. The Morgan fingerprint density at radius 3 is 2.19 bits per heavy atom. The number of nitriles is 1. The Kier molecular flexibility index (Phi) is 8.93. The molecule has 1 N–H and O–H groups in total. The molecular weight excluding hydrogens is 493 g/mol. The van der Waals surface area contributed by atoms with Gasteiger partial charge in [0.2, 0.25) is 11.8 Å². The summed E-state index contributed by atoms with van der Waals surface area (Å²) in [6, 6.07) is 21.8. The molecule has 1 unspecified atom stereocenters. The molecule has 0 heterocycles. The minimum Gasteiger partial charge on any atom is -0.309 e. The number of halogens is 1. The molecule has 3 aromatic carbocycles. The fourth-order valence-electron chi connectivity index (χ4n) is 3.67. The van der Waals surface area contributed by atoms with Gasteiger partial charge in [0, 0.05) is 11.7 Å². The fraction of sp³-hybridized carbons (Fsp3) is 0.179. The highest BCUT2D eigenvalue weighted by Gasteiger charge is 2.34. The molecule has 0 aliphatic carbocycles. The molecule has 0 aromatic heterocycles. The molecule has 0 bridgehead atoms. The minimum atomic E-state index is -4.22. The predicted octanol–water partition coefficient (Wildman–Crippen LogP) is 4.41. The van der Waals surface area contributed by atoms with Gasteiger partial charge in [0.1, 0.15) is 11.7 Å². The SMILES string of the molecule is CC(C)N(C(=O)C(Cc1ccc(C#N)cc1)C(=O)NS(=O)(=O)C=Cc1ccccc1)c1ccc(F)cc1. The van der Waals surface area contributed by atoms with Gasteiger partial charge in [0.05, 0.1) is 17.0 Å². The molecule has 0 radical (unpaired) electrons. The van der Waals surface area contributed by atoms with Crippen LogP contribution in [0.2, 0.25) is 0 Å². The van der Waals surface area contributed by atoms with Crippen molar-refractivity contribution < 1.29 is 22.4 Å². The third-order valence-electron chi connectivity index (χ3n) is 5.48. The van der Waals surface area contributed by atoms with Gasteiger partial charge in [0.15, 0.2) is 0 Å². The molecular formula is C28H26FN3O4S. The molecule has 0 saturated carbocycles. The second-order valence-electron chi connectivity index (χ2n) is 8.57. The van der Waals surface area contributed by atoms with Crippen molar-refractivity contribution in [1.82, 2.24) is 4.72 Å². The molecule has 0 aliphatic rings. The van der Waals surface area contributed by atoms with E-state index >= 15 is 0 Å². The van der Waals surface area contributed by atoms with Crippen molar-refractivity contribution in [1.29, 1.82) is 5.26 Å². The first-order valence-corrected chi connectivity index (χ1v) is 13.0. The average molecular weight is 520 g/mol. The first-order chi connectivity index (χ1) is 17.6. The molecule has 0 saturated heterocycles. The number of hydrogen-bond acceptors (Lipinski definition) is 5. The van der Waals surface area contributed by atoms with Gasteiger partial charge in [-0.25, -0.2) is 17.5 Å². The van der Waals surface area contributed by atoms with Crippen LogP contribution in [0, 0.1) is 23.1 Å². The molecule has 0 aliphatic heterocycles. The maximum Gasteiger partial charge on any atom is 0.257 e. The van der Waals surface area contributed by atoms with Crippen molar-refractivity contribution in [2.75, 3.05) is 4.90 Å². The fourth-order valence-corrected chi connectivity index (χ4v) is 4.50. The standard InChI is InChI=1S/C28H26FN3O4S/c1-20(2)32(25-14-12-24(29)13-15-25)28(34)26(18-22-8-10-23(19-30)11-9-22)27(33)31-37(35,36)17-16-21-6-4-3-5-7-21/h3-17,20,26H,18H2,1-2H3,(H,31,33). The molecule has 9 heteroatoms. The predicted molar refractivity (Wildman–Crippen MR) is 140 cm³/mol. The third-order valence-corrected chi connectivity index (χ3v) is 6.46. The first kappa shape index (κ1) is 27.3. The summed E-state index contributed by atoms with van der Waals surface area (Å²) in [6.45, 7) is 3.47. The third kappa shape index (κ3) is 7.59. The van der Waals surface area contributed by atoms with E-state index in [0.29, 0.717) is 22.4 Å². The smallest absolute Gasteiger partial charge is 0.257 e. The van der Waals surface area contributed by atoms with Gasteiger partial charge in [-0.1, -0.05) is 42.5 Å². The lowest BCUT2D eigenvalue weighted by molar-refractivity contribution is -0.132. The Morgan fingerprint density at radius 2 is 1.62 bits per heavy atom. The summed E-state index contributed by atoms with van der Waals surface area (Å²) in [4.78, 5) is 28.3. The molecule has 190 valence electrons. The summed E-state index contributed by atoms with van der Waals surface area (Å²) >= 11 is 0. The Morgan fingerprint density at radius 1 is 1.00 bits per heavy atom. The van der Waals surface area contributed by atoms with Crippen LogP contribution in [0.5, 0.6) is 0 Å². The highest BCUT2D eigenvalue weighted by Crippen LogP contribution is 2.23. The van der Waals surface area contributed by atoms with Crippen molar-refractivity contribution in [3.05, 3.63) is 107 Å². The van der Waals surface area contributed by atoms with Crippen LogP contribution < -0.4 is 9.62 Å². The van der Waals surface area contributed by atoms with Crippen LogP contribution in [0.4, 0.5) is 10.1 Å². The van der Waals surface area contributed by atoms with Gasteiger partial charge >= 0.3 is 0 Å². The van der Waals surface area contributed by atoms with Gasteiger partial charge in [0.25, 0.3) is 10.0 Å². The van der Waals surface area contributed by atoms with E-state index in [1.165, 1.54) is 35.2 Å². The average Bonchev–Trinajstić information content (AvgIpc) is 2.87. The number of nitrogens with one attached hydrogen (secondary N) is 1.